The second-order valence-electron chi connectivity index (χ2n) is 9.12. The highest BCUT2D eigenvalue weighted by molar-refractivity contribution is 8.33. The van der Waals surface area contributed by atoms with Gasteiger partial charge in [-0.15, -0.1) is 0 Å². The maximum absolute atomic E-state index is 14.2. The first kappa shape index (κ1) is 27.6. The van der Waals surface area contributed by atoms with Gasteiger partial charge in [-0.25, -0.2) is 18.8 Å². The van der Waals surface area contributed by atoms with E-state index in [0.29, 0.717) is 30.0 Å². The lowest BCUT2D eigenvalue weighted by molar-refractivity contribution is -0.361. The summed E-state index contributed by atoms with van der Waals surface area (Å²) in [6, 6.07) is 8.31. The van der Waals surface area contributed by atoms with E-state index >= 15 is 0 Å². The molecule has 0 unspecified atom stereocenters. The highest BCUT2D eigenvalue weighted by Crippen LogP contribution is 2.52. The molecule has 1 saturated heterocycles. The first-order valence-corrected chi connectivity index (χ1v) is 13.9. The molecule has 1 aliphatic heterocycles. The summed E-state index contributed by atoms with van der Waals surface area (Å²) in [5.74, 6) is -1.33. The van der Waals surface area contributed by atoms with Crippen LogP contribution in [-0.2, 0) is 0 Å². The van der Waals surface area contributed by atoms with Crippen LogP contribution in [0.25, 0.3) is 11.1 Å². The summed E-state index contributed by atoms with van der Waals surface area (Å²) >= 11 is 0. The van der Waals surface area contributed by atoms with E-state index in [1.54, 1.807) is 12.1 Å². The molecule has 3 rings (SSSR count). The maximum Gasteiger partial charge on any atom is 0.499 e. The van der Waals surface area contributed by atoms with Gasteiger partial charge in [0.2, 0.25) is 0 Å². The number of unbranched alkanes of at least 4 members (excludes halogenated alkanes) is 2. The molecule has 0 radical (unpaired) electrons. The molecule has 10 heteroatoms. The number of alkyl halides is 6. The highest BCUT2D eigenvalue weighted by Gasteiger charge is 2.61. The van der Waals surface area contributed by atoms with Crippen LogP contribution < -0.4 is 4.74 Å². The molecule has 1 nitrogen and oxygen atoms in total. The lowest BCUT2D eigenvalue weighted by Crippen LogP contribution is -2.42. The summed E-state index contributed by atoms with van der Waals surface area (Å²) in [6.07, 6.45) is -4.86. The molecule has 2 aromatic rings. The average Bonchev–Trinajstić information content (AvgIpc) is 2.79. The van der Waals surface area contributed by atoms with E-state index in [1.807, 2.05) is 12.1 Å². The summed E-state index contributed by atoms with van der Waals surface area (Å²) in [4.78, 5) is 0. The Hall–Kier alpha value is -1.97. The molecule has 0 N–H and O–H groups in total. The fourth-order valence-corrected chi connectivity index (χ4v) is 7.54. The lowest BCUT2D eigenvalue weighted by Gasteiger charge is -2.43. The van der Waals surface area contributed by atoms with Gasteiger partial charge in [0.1, 0.15) is 0 Å². The molecule has 1 heterocycles. The Bertz CT molecular complexity index is 959. The van der Waals surface area contributed by atoms with Crippen LogP contribution in [0.2, 0.25) is 0 Å². The Morgan fingerprint density at radius 3 is 1.94 bits per heavy atom. The molecule has 1 fully saturated rings. The number of rotatable bonds is 9. The minimum atomic E-state index is -6.12. The van der Waals surface area contributed by atoms with Crippen LogP contribution in [-0.4, -0.2) is 42.5 Å². The zero-order valence-corrected chi connectivity index (χ0v) is 20.1. The van der Waals surface area contributed by atoms with Gasteiger partial charge in [-0.3, -0.25) is 4.39 Å². The number of hydrogen-bond acceptors (Lipinski definition) is 1. The molecule has 1 aliphatic rings. The van der Waals surface area contributed by atoms with Crippen molar-refractivity contribution in [3.05, 3.63) is 53.6 Å². The van der Waals surface area contributed by atoms with Gasteiger partial charge >= 0.3 is 12.3 Å². The Labute approximate surface area is 201 Å². The number of benzene rings is 2. The van der Waals surface area contributed by atoms with Crippen molar-refractivity contribution in [2.45, 2.75) is 50.3 Å². The first-order chi connectivity index (χ1) is 16.4. The van der Waals surface area contributed by atoms with Crippen molar-refractivity contribution < 1.29 is 39.9 Å². The molecule has 0 atom stereocenters. The third-order valence-corrected chi connectivity index (χ3v) is 10.2. The van der Waals surface area contributed by atoms with Gasteiger partial charge in [-0.1, -0.05) is 30.7 Å². The van der Waals surface area contributed by atoms with Crippen molar-refractivity contribution in [1.29, 1.82) is 0 Å². The van der Waals surface area contributed by atoms with Crippen LogP contribution in [0, 0.1) is 11.6 Å². The Kier molecular flexibility index (Phi) is 8.65. The van der Waals surface area contributed by atoms with Crippen LogP contribution in [0.3, 0.4) is 0 Å². The Morgan fingerprint density at radius 1 is 0.857 bits per heavy atom. The van der Waals surface area contributed by atoms with E-state index in [4.69, 9.17) is 0 Å². The van der Waals surface area contributed by atoms with Gasteiger partial charge in [-0.05, 0) is 83.9 Å². The summed E-state index contributed by atoms with van der Waals surface area (Å²) in [5.41, 5.74) is 1.46. The fraction of sp³-hybridized carbons (Fsp3) is 0.520. The molecule has 0 aromatic heterocycles. The zero-order chi connectivity index (χ0) is 25.9. The topological polar surface area (TPSA) is 9.23 Å². The third kappa shape index (κ3) is 6.83. The molecule has 0 saturated carbocycles. The van der Waals surface area contributed by atoms with E-state index < -0.39 is 39.7 Å². The first-order valence-electron chi connectivity index (χ1n) is 11.4. The van der Waals surface area contributed by atoms with E-state index in [1.165, 1.54) is 0 Å². The average molecular weight is 529 g/mol. The van der Waals surface area contributed by atoms with E-state index in [0.717, 1.165) is 48.5 Å². The lowest BCUT2D eigenvalue weighted by atomic mass is 9.92. The monoisotopic (exact) mass is 528 g/mol. The smallest absolute Gasteiger partial charge is 0.419 e. The SMILES string of the molecule is CS1(CCCCCF)CCC(c2ccc(-c3cc(F)c(OC(F)(F)C(F)(F)F)c(F)c3)cc2)CC1. The second-order valence-corrected chi connectivity index (χ2v) is 13.3. The van der Waals surface area contributed by atoms with Crippen LogP contribution in [0.5, 0.6) is 5.75 Å². The summed E-state index contributed by atoms with van der Waals surface area (Å²) in [7, 11) is -0.690. The standard InChI is InChI=1S/C25H28F8OS/c1-35(12-4-2-3-11-26)13-9-19(10-14-35)17-5-7-18(8-6-17)20-15-21(27)23(22(28)16-20)34-25(32,33)24(29,30)31/h5-8,15-16,19H,2-4,9-14H2,1H3. The largest absolute Gasteiger partial charge is 0.499 e. The van der Waals surface area contributed by atoms with Crippen molar-refractivity contribution in [2.24, 2.45) is 0 Å². The molecule has 0 bridgehead atoms. The Morgan fingerprint density at radius 2 is 1.43 bits per heavy atom. The molecule has 0 aliphatic carbocycles. The quantitative estimate of drug-likeness (QED) is 0.234. The van der Waals surface area contributed by atoms with Gasteiger partial charge in [-0.2, -0.15) is 22.0 Å². The van der Waals surface area contributed by atoms with E-state index in [2.05, 4.69) is 11.0 Å². The van der Waals surface area contributed by atoms with Crippen molar-refractivity contribution in [3.63, 3.8) is 0 Å². The summed E-state index contributed by atoms with van der Waals surface area (Å²) in [5, 5.41) is 0. The van der Waals surface area contributed by atoms with Crippen LogP contribution in [0.1, 0.15) is 43.6 Å². The van der Waals surface area contributed by atoms with Crippen LogP contribution >= 0.6 is 10.0 Å². The van der Waals surface area contributed by atoms with Crippen molar-refractivity contribution in [3.8, 4) is 16.9 Å². The molecule has 0 spiro atoms. The van der Waals surface area contributed by atoms with E-state index in [-0.39, 0.29) is 12.2 Å². The summed E-state index contributed by atoms with van der Waals surface area (Å²) < 4.78 is 107. The van der Waals surface area contributed by atoms with E-state index in [9.17, 15) is 35.1 Å². The minimum Gasteiger partial charge on any atom is -0.419 e. The van der Waals surface area contributed by atoms with Gasteiger partial charge < -0.3 is 4.74 Å². The van der Waals surface area contributed by atoms with Gasteiger partial charge in [0.25, 0.3) is 0 Å². The number of hydrogen-bond donors (Lipinski definition) is 0. The zero-order valence-electron chi connectivity index (χ0n) is 19.2. The minimum absolute atomic E-state index is 0.0110. The van der Waals surface area contributed by atoms with Gasteiger partial charge in [0.15, 0.2) is 17.4 Å². The van der Waals surface area contributed by atoms with Gasteiger partial charge in [0.05, 0.1) is 6.67 Å². The van der Waals surface area contributed by atoms with Crippen LogP contribution in [0.4, 0.5) is 35.1 Å². The van der Waals surface area contributed by atoms with Crippen molar-refractivity contribution >= 4 is 10.0 Å². The Balaban J connectivity index is 1.66. The number of halogens is 8. The van der Waals surface area contributed by atoms with Crippen LogP contribution in [0.15, 0.2) is 36.4 Å². The third-order valence-electron chi connectivity index (χ3n) is 6.46. The molecule has 0 amide bonds. The maximum atomic E-state index is 14.2. The fourth-order valence-electron chi connectivity index (χ4n) is 4.32. The predicted molar refractivity (Wildman–Crippen MR) is 123 cm³/mol. The molecular weight excluding hydrogens is 500 g/mol. The van der Waals surface area contributed by atoms with Gasteiger partial charge in [0, 0.05) is 0 Å². The van der Waals surface area contributed by atoms with Crippen molar-refractivity contribution in [2.75, 3.05) is 30.2 Å². The molecular formula is C25H28F8OS. The normalized spacial score (nSPS) is 23.1. The van der Waals surface area contributed by atoms with Crippen molar-refractivity contribution in [1.82, 2.24) is 0 Å². The highest BCUT2D eigenvalue weighted by atomic mass is 32.3. The molecule has 2 aromatic carbocycles. The summed E-state index contributed by atoms with van der Waals surface area (Å²) in [6.45, 7) is -0.269. The molecule has 35 heavy (non-hydrogen) atoms. The predicted octanol–water partition coefficient (Wildman–Crippen LogP) is 8.62. The number of ether oxygens (including phenoxy) is 1. The molecule has 196 valence electrons. The second kappa shape index (κ2) is 11.0.